The Morgan fingerprint density at radius 3 is 2.68 bits per heavy atom. The highest BCUT2D eigenvalue weighted by Crippen LogP contribution is 2.30. The van der Waals surface area contributed by atoms with Crippen LogP contribution in [0.5, 0.6) is 5.88 Å². The van der Waals surface area contributed by atoms with Crippen LogP contribution in [-0.4, -0.2) is 58.6 Å². The topological polar surface area (TPSA) is 83.1 Å². The first kappa shape index (κ1) is 26.6. The monoisotopic (exact) mass is 525 g/mol. The first-order valence-electron chi connectivity index (χ1n) is 12.0. The molecule has 3 aromatic heterocycles. The third kappa shape index (κ3) is 6.26. The third-order valence-corrected chi connectivity index (χ3v) is 6.63. The number of ether oxygens (including phenoxy) is 1. The minimum atomic E-state index is -0.919. The molecule has 0 unspecified atom stereocenters. The molecule has 10 heteroatoms. The largest absolute Gasteiger partial charge is 0.478 e. The molecule has 0 saturated carbocycles. The first-order chi connectivity index (χ1) is 17.9. The Labute approximate surface area is 218 Å². The highest BCUT2D eigenvalue weighted by molar-refractivity contribution is 8.00. The predicted octanol–water partition coefficient (Wildman–Crippen LogP) is 5.93. The van der Waals surface area contributed by atoms with Crippen molar-refractivity contribution in [3.63, 3.8) is 0 Å². The molecule has 4 aromatic rings. The maximum Gasteiger partial charge on any atom is 0.213 e. The van der Waals surface area contributed by atoms with Crippen LogP contribution in [0.1, 0.15) is 35.7 Å². The number of hydrogen-bond acceptors (Lipinski definition) is 7. The molecule has 2 N–H and O–H groups in total. The maximum absolute atomic E-state index is 15.2. The smallest absolute Gasteiger partial charge is 0.213 e. The van der Waals surface area contributed by atoms with E-state index < -0.39 is 23.0 Å². The molecule has 0 bridgehead atoms. The van der Waals surface area contributed by atoms with Crippen molar-refractivity contribution in [1.29, 1.82) is 0 Å². The van der Waals surface area contributed by atoms with Gasteiger partial charge in [-0.25, -0.2) is 18.7 Å². The molecule has 0 aliphatic carbocycles. The number of aromatic amines is 1. The SMILES string of the molecule is CCCSNc1ccc(F)c(C(=O)c2c[nH]c3ncc(-c4ccc(OCCCN(C)C)nc4)cc23)c1F. The van der Waals surface area contributed by atoms with E-state index in [1.807, 2.05) is 27.1 Å². The van der Waals surface area contributed by atoms with Gasteiger partial charge in [-0.1, -0.05) is 18.9 Å². The molecule has 0 aliphatic rings. The number of nitrogens with one attached hydrogen (secondary N) is 2. The molecular formula is C27H29F2N5O2S. The Hall–Kier alpha value is -3.50. The summed E-state index contributed by atoms with van der Waals surface area (Å²) in [6.07, 6.45) is 6.52. The summed E-state index contributed by atoms with van der Waals surface area (Å²) in [6, 6.07) is 7.78. The van der Waals surface area contributed by atoms with Crippen LogP contribution in [0, 0.1) is 11.6 Å². The number of H-pyrrole nitrogens is 1. The number of pyridine rings is 2. The summed E-state index contributed by atoms with van der Waals surface area (Å²) in [7, 11) is 4.02. The summed E-state index contributed by atoms with van der Waals surface area (Å²) < 4.78 is 38.3. The van der Waals surface area contributed by atoms with Gasteiger partial charge in [-0.2, -0.15) is 0 Å². The van der Waals surface area contributed by atoms with Gasteiger partial charge in [0, 0.05) is 59.0 Å². The Morgan fingerprint density at radius 2 is 1.95 bits per heavy atom. The molecular weight excluding hydrogens is 496 g/mol. The van der Waals surface area contributed by atoms with Crippen molar-refractivity contribution in [1.82, 2.24) is 19.9 Å². The fourth-order valence-electron chi connectivity index (χ4n) is 3.75. The lowest BCUT2D eigenvalue weighted by Crippen LogP contribution is -2.15. The van der Waals surface area contributed by atoms with E-state index in [1.54, 1.807) is 24.5 Å². The van der Waals surface area contributed by atoms with Gasteiger partial charge in [-0.15, -0.1) is 0 Å². The zero-order valence-corrected chi connectivity index (χ0v) is 21.8. The summed E-state index contributed by atoms with van der Waals surface area (Å²) in [4.78, 5) is 27.1. The van der Waals surface area contributed by atoms with Crippen molar-refractivity contribution < 1.29 is 18.3 Å². The lowest BCUT2D eigenvalue weighted by Gasteiger charge is -2.10. The normalized spacial score (nSPS) is 11.3. The van der Waals surface area contributed by atoms with Crippen molar-refractivity contribution in [2.45, 2.75) is 19.8 Å². The van der Waals surface area contributed by atoms with Gasteiger partial charge >= 0.3 is 0 Å². The van der Waals surface area contributed by atoms with Crippen molar-refractivity contribution in [2.24, 2.45) is 0 Å². The summed E-state index contributed by atoms with van der Waals surface area (Å²) in [5.41, 5.74) is 1.51. The van der Waals surface area contributed by atoms with E-state index in [1.165, 1.54) is 24.2 Å². The number of aromatic nitrogens is 3. The number of rotatable bonds is 12. The van der Waals surface area contributed by atoms with Gasteiger partial charge in [-0.3, -0.25) is 4.79 Å². The molecule has 0 saturated heterocycles. The average Bonchev–Trinajstić information content (AvgIpc) is 3.32. The second-order valence-corrected chi connectivity index (χ2v) is 9.68. The van der Waals surface area contributed by atoms with Crippen LogP contribution in [0.15, 0.2) is 48.9 Å². The Morgan fingerprint density at radius 1 is 1.14 bits per heavy atom. The van der Waals surface area contributed by atoms with Crippen molar-refractivity contribution >= 4 is 34.5 Å². The molecule has 3 heterocycles. The molecule has 0 amide bonds. The zero-order chi connectivity index (χ0) is 26.4. The lowest BCUT2D eigenvalue weighted by molar-refractivity contribution is 0.103. The fraction of sp³-hybridized carbons (Fsp3) is 0.296. The molecule has 0 fully saturated rings. The van der Waals surface area contributed by atoms with Gasteiger partial charge in [0.05, 0.1) is 17.9 Å². The molecule has 7 nitrogen and oxygen atoms in total. The van der Waals surface area contributed by atoms with E-state index in [-0.39, 0.29) is 11.3 Å². The fourth-order valence-corrected chi connectivity index (χ4v) is 4.37. The van der Waals surface area contributed by atoms with E-state index in [0.717, 1.165) is 36.8 Å². The van der Waals surface area contributed by atoms with Crippen LogP contribution in [0.2, 0.25) is 0 Å². The first-order valence-corrected chi connectivity index (χ1v) is 13.0. The van der Waals surface area contributed by atoms with E-state index in [2.05, 4.69) is 24.6 Å². The second-order valence-electron chi connectivity index (χ2n) is 8.78. The van der Waals surface area contributed by atoms with E-state index >= 15 is 4.39 Å². The maximum atomic E-state index is 15.2. The number of halogens is 2. The number of fused-ring (bicyclic) bond motifs is 1. The van der Waals surface area contributed by atoms with Gasteiger partial charge in [0.25, 0.3) is 0 Å². The average molecular weight is 526 g/mol. The highest BCUT2D eigenvalue weighted by Gasteiger charge is 2.24. The predicted molar refractivity (Wildman–Crippen MR) is 144 cm³/mol. The standard InChI is InChI=1S/C27H29F2N5O2S/c1-4-12-37-33-22-8-7-21(28)24(25(22)29)26(35)20-16-32-27-19(20)13-18(15-31-27)17-6-9-23(30-14-17)36-11-5-10-34(2)3/h6-9,13-16,33H,4-5,10-12H2,1-3H3,(H,31,32). The Bertz CT molecular complexity index is 1380. The van der Waals surface area contributed by atoms with Crippen LogP contribution in [-0.2, 0) is 0 Å². The molecule has 0 atom stereocenters. The van der Waals surface area contributed by atoms with Crippen LogP contribution in [0.4, 0.5) is 14.5 Å². The number of anilines is 1. The lowest BCUT2D eigenvalue weighted by atomic mass is 10.00. The summed E-state index contributed by atoms with van der Waals surface area (Å²) in [6.45, 7) is 3.48. The van der Waals surface area contributed by atoms with Gasteiger partial charge in [0.2, 0.25) is 11.7 Å². The molecule has 1 aromatic carbocycles. The minimum Gasteiger partial charge on any atom is -0.478 e. The molecule has 4 rings (SSSR count). The van der Waals surface area contributed by atoms with Crippen LogP contribution in [0.25, 0.3) is 22.2 Å². The number of carbonyl (C=O) groups is 1. The highest BCUT2D eigenvalue weighted by atomic mass is 32.2. The third-order valence-electron chi connectivity index (χ3n) is 5.65. The minimum absolute atomic E-state index is 0.0666. The summed E-state index contributed by atoms with van der Waals surface area (Å²) in [5, 5.41) is 0.462. The molecule has 37 heavy (non-hydrogen) atoms. The van der Waals surface area contributed by atoms with Crippen molar-refractivity contribution in [3.05, 3.63) is 71.7 Å². The van der Waals surface area contributed by atoms with Gasteiger partial charge in [-0.05, 0) is 51.2 Å². The van der Waals surface area contributed by atoms with E-state index in [4.69, 9.17) is 4.74 Å². The molecule has 0 aliphatic heterocycles. The van der Waals surface area contributed by atoms with E-state index in [9.17, 15) is 9.18 Å². The van der Waals surface area contributed by atoms with Gasteiger partial charge < -0.3 is 19.3 Å². The van der Waals surface area contributed by atoms with E-state index in [0.29, 0.717) is 29.1 Å². The molecule has 0 spiro atoms. The number of nitrogens with zero attached hydrogens (tertiary/aromatic N) is 3. The van der Waals surface area contributed by atoms with Crippen LogP contribution in [0.3, 0.4) is 0 Å². The second kappa shape index (κ2) is 12.2. The quantitative estimate of drug-likeness (QED) is 0.135. The van der Waals surface area contributed by atoms with Crippen molar-refractivity contribution in [3.8, 4) is 17.0 Å². The molecule has 0 radical (unpaired) electrons. The number of hydrogen-bond donors (Lipinski definition) is 2. The van der Waals surface area contributed by atoms with Crippen molar-refractivity contribution in [2.75, 3.05) is 37.7 Å². The van der Waals surface area contributed by atoms with Gasteiger partial charge in [0.1, 0.15) is 11.5 Å². The number of benzene rings is 1. The summed E-state index contributed by atoms with van der Waals surface area (Å²) >= 11 is 1.30. The number of ketones is 1. The molecule has 194 valence electrons. The Kier molecular flexibility index (Phi) is 8.73. The summed E-state index contributed by atoms with van der Waals surface area (Å²) in [5.74, 6) is -1.33. The van der Waals surface area contributed by atoms with Crippen LogP contribution >= 0.6 is 11.9 Å². The van der Waals surface area contributed by atoms with Crippen LogP contribution < -0.4 is 9.46 Å². The van der Waals surface area contributed by atoms with Gasteiger partial charge in [0.15, 0.2) is 5.82 Å². The Balaban J connectivity index is 1.58. The number of carbonyl (C=O) groups excluding carboxylic acids is 1. The zero-order valence-electron chi connectivity index (χ0n) is 21.0.